The number of aromatic hydroxyl groups is 1. The molecule has 0 aliphatic rings. The maximum atomic E-state index is 13.9. The topological polar surface area (TPSA) is 97.5 Å². The van der Waals surface area contributed by atoms with Crippen molar-refractivity contribution in [3.8, 4) is 17.0 Å². The predicted octanol–water partition coefficient (Wildman–Crippen LogP) is 10.4. The summed E-state index contributed by atoms with van der Waals surface area (Å²) in [6, 6.07) is 8.16. The largest absolute Gasteiger partial charge is 0.504 e. The molecule has 0 bridgehead atoms. The monoisotopic (exact) mass is 643 g/mol. The summed E-state index contributed by atoms with van der Waals surface area (Å²) >= 11 is 5.79. The molecule has 45 heavy (non-hydrogen) atoms. The van der Waals surface area contributed by atoms with Crippen molar-refractivity contribution in [2.24, 2.45) is 11.3 Å². The van der Waals surface area contributed by atoms with Crippen LogP contribution in [-0.2, 0) is 5.41 Å². The molecule has 0 fully saturated rings. The highest BCUT2D eigenvalue weighted by atomic mass is 35.5. The zero-order valence-corrected chi connectivity index (χ0v) is 29.8. The van der Waals surface area contributed by atoms with Crippen molar-refractivity contribution in [2.75, 3.05) is 0 Å². The highest BCUT2D eigenvalue weighted by molar-refractivity contribution is 6.30. The fourth-order valence-electron chi connectivity index (χ4n) is 4.03. The molecule has 2 aromatic carbocycles. The van der Waals surface area contributed by atoms with Crippen molar-refractivity contribution in [1.29, 1.82) is 0 Å². The van der Waals surface area contributed by atoms with Crippen molar-refractivity contribution >= 4 is 28.5 Å². The van der Waals surface area contributed by atoms with Gasteiger partial charge in [0.05, 0.1) is 10.7 Å². The number of benzene rings is 1. The van der Waals surface area contributed by atoms with Gasteiger partial charge in [0.15, 0.2) is 17.1 Å². The molecule has 4 rings (SSSR count). The molecule has 0 aliphatic heterocycles. The second-order valence-electron chi connectivity index (χ2n) is 13.7. The molecule has 0 atom stereocenters. The van der Waals surface area contributed by atoms with Crippen LogP contribution in [0, 0.1) is 24.1 Å². The number of nitrogens with zero attached hydrogens (tertiary/aromatic N) is 1. The molecule has 0 spiro atoms. The Morgan fingerprint density at radius 2 is 1.53 bits per heavy atom. The van der Waals surface area contributed by atoms with Gasteiger partial charge in [-0.2, -0.15) is 0 Å². The van der Waals surface area contributed by atoms with Crippen LogP contribution >= 0.6 is 11.6 Å². The number of ketones is 1. The third-order valence-electron chi connectivity index (χ3n) is 6.89. The average Bonchev–Trinajstić information content (AvgIpc) is 3.40. The van der Waals surface area contributed by atoms with Gasteiger partial charge in [-0.3, -0.25) is 14.4 Å². The maximum Gasteiger partial charge on any atom is 0.267 e. The van der Waals surface area contributed by atoms with E-state index in [0.717, 1.165) is 5.56 Å². The van der Waals surface area contributed by atoms with Gasteiger partial charge in [0.25, 0.3) is 5.43 Å². The Morgan fingerprint density at radius 3 is 1.89 bits per heavy atom. The van der Waals surface area contributed by atoms with Gasteiger partial charge >= 0.3 is 0 Å². The molecule has 0 saturated heterocycles. The number of carbonyl (C=O) groups is 1. The number of hydrogen-bond donors (Lipinski definition) is 1. The quantitative estimate of drug-likeness (QED) is 0.172. The summed E-state index contributed by atoms with van der Waals surface area (Å²) in [5, 5.41) is 8.53. The van der Waals surface area contributed by atoms with Gasteiger partial charge in [0.1, 0.15) is 11.3 Å². The normalized spacial score (nSPS) is 11.4. The summed E-state index contributed by atoms with van der Waals surface area (Å²) in [7, 11) is 0. The Bertz CT molecular complexity index is 1600. The van der Waals surface area contributed by atoms with Crippen LogP contribution in [0.1, 0.15) is 124 Å². The second kappa shape index (κ2) is 16.8. The third kappa shape index (κ3) is 11.5. The van der Waals surface area contributed by atoms with Gasteiger partial charge in [-0.1, -0.05) is 113 Å². The van der Waals surface area contributed by atoms with Crippen LogP contribution in [0.25, 0.3) is 22.4 Å². The lowest BCUT2D eigenvalue weighted by Gasteiger charge is -2.20. The summed E-state index contributed by atoms with van der Waals surface area (Å²) in [5.74, 6) is -0.811. The Kier molecular flexibility index (Phi) is 14.9. The van der Waals surface area contributed by atoms with Crippen LogP contribution in [0.3, 0.4) is 0 Å². The molecule has 0 unspecified atom stereocenters. The molecular formula is C37H51ClFNO5. The van der Waals surface area contributed by atoms with Crippen LogP contribution in [0.15, 0.2) is 44.3 Å². The molecule has 2 heterocycles. The van der Waals surface area contributed by atoms with Crippen LogP contribution in [-0.4, -0.2) is 15.9 Å². The first kappa shape index (κ1) is 39.7. The highest BCUT2D eigenvalue weighted by Gasteiger charge is 2.25. The van der Waals surface area contributed by atoms with E-state index < -0.39 is 16.7 Å². The SMILES string of the molecule is CC(C)C(=O)c1cc2nc(-c3ccc(Cl)c(F)c3)cc(C(C)(C)C)c2o1.CCCC.CCCC(C)(C)C.Cc1c(O)c(=O)c1=O. The molecule has 0 saturated carbocycles. The molecule has 0 aliphatic carbocycles. The summed E-state index contributed by atoms with van der Waals surface area (Å²) < 4.78 is 19.8. The van der Waals surface area contributed by atoms with Crippen molar-refractivity contribution < 1.29 is 18.7 Å². The lowest BCUT2D eigenvalue weighted by atomic mass is 9.86. The van der Waals surface area contributed by atoms with E-state index in [1.807, 2.05) is 19.9 Å². The van der Waals surface area contributed by atoms with Crippen LogP contribution in [0.5, 0.6) is 5.75 Å². The first-order valence-corrected chi connectivity index (χ1v) is 16.0. The Labute approximate surface area is 272 Å². The summed E-state index contributed by atoms with van der Waals surface area (Å²) in [4.78, 5) is 37.2. The van der Waals surface area contributed by atoms with Gasteiger partial charge in [-0.15, -0.1) is 0 Å². The minimum absolute atomic E-state index is 0.0676. The molecular weight excluding hydrogens is 593 g/mol. The lowest BCUT2D eigenvalue weighted by molar-refractivity contribution is 0.0913. The standard InChI is InChI=1S/C21H21ClFNO2.C7H16.C5H4O3.C4H10/c1-11(2)19(25)18-10-17-20(26-18)13(21(3,4)5)9-16(24-17)12-6-7-14(22)15(23)8-12;1-5-6-7(2,3)4;1-2-3(6)5(8)4(2)7;1-3-4-2/h6-11H,1-5H3;5-6H2,1-4H3;6H,1H3;3-4H2,1-2H3. The van der Waals surface area contributed by atoms with Gasteiger partial charge in [0.2, 0.25) is 11.2 Å². The number of fused-ring (bicyclic) bond motifs is 1. The van der Waals surface area contributed by atoms with Gasteiger partial charge in [-0.05, 0) is 42.4 Å². The molecule has 8 heteroatoms. The predicted molar refractivity (Wildman–Crippen MR) is 185 cm³/mol. The lowest BCUT2D eigenvalue weighted by Crippen LogP contribution is -2.32. The number of pyridine rings is 1. The number of Topliss-reactive ketones (excluding diaryl/α,β-unsaturated/α-hetero) is 1. The second-order valence-corrected chi connectivity index (χ2v) is 14.1. The van der Waals surface area contributed by atoms with E-state index in [1.165, 1.54) is 44.7 Å². The van der Waals surface area contributed by atoms with E-state index in [-0.39, 0.29) is 33.5 Å². The van der Waals surface area contributed by atoms with Crippen LogP contribution in [0.2, 0.25) is 5.02 Å². The van der Waals surface area contributed by atoms with E-state index >= 15 is 0 Å². The third-order valence-corrected chi connectivity index (χ3v) is 7.19. The molecule has 0 radical (unpaired) electrons. The zero-order chi connectivity index (χ0) is 34.9. The molecule has 1 N–H and O–H groups in total. The van der Waals surface area contributed by atoms with Gasteiger partial charge in [0, 0.05) is 28.7 Å². The minimum Gasteiger partial charge on any atom is -0.504 e. The van der Waals surface area contributed by atoms with Crippen LogP contribution < -0.4 is 10.9 Å². The van der Waals surface area contributed by atoms with Gasteiger partial charge < -0.3 is 9.52 Å². The summed E-state index contributed by atoms with van der Waals surface area (Å²) in [5.41, 5.74) is 2.49. The Morgan fingerprint density at radius 1 is 0.956 bits per heavy atom. The number of furan rings is 1. The van der Waals surface area contributed by atoms with Crippen molar-refractivity contribution in [2.45, 2.75) is 114 Å². The first-order valence-electron chi connectivity index (χ1n) is 15.6. The molecule has 0 amide bonds. The van der Waals surface area contributed by atoms with E-state index in [2.05, 4.69) is 67.3 Å². The smallest absolute Gasteiger partial charge is 0.267 e. The summed E-state index contributed by atoms with van der Waals surface area (Å²) in [6.07, 6.45) is 5.29. The number of halogens is 2. The first-order chi connectivity index (χ1) is 20.7. The fraction of sp³-hybridized carbons (Fsp3) is 0.514. The van der Waals surface area contributed by atoms with Crippen molar-refractivity contribution in [1.82, 2.24) is 4.98 Å². The van der Waals surface area contributed by atoms with Crippen molar-refractivity contribution in [3.05, 3.63) is 78.5 Å². The van der Waals surface area contributed by atoms with Gasteiger partial charge in [-0.25, -0.2) is 9.37 Å². The van der Waals surface area contributed by atoms with Crippen molar-refractivity contribution in [3.63, 3.8) is 0 Å². The van der Waals surface area contributed by atoms with Crippen LogP contribution in [0.4, 0.5) is 4.39 Å². The number of carbonyl (C=O) groups excluding carboxylic acids is 1. The van der Waals surface area contributed by atoms with E-state index in [1.54, 1.807) is 12.1 Å². The molecule has 248 valence electrons. The average molecular weight is 644 g/mol. The van der Waals surface area contributed by atoms with E-state index in [4.69, 9.17) is 21.1 Å². The maximum absolute atomic E-state index is 13.9. The summed E-state index contributed by atoms with van der Waals surface area (Å²) in [6.45, 7) is 24.7. The molecule has 2 aromatic heterocycles. The number of hydrogen-bond acceptors (Lipinski definition) is 6. The number of unbranched alkanes of at least 4 members (excludes halogenated alkanes) is 1. The fourth-order valence-corrected chi connectivity index (χ4v) is 4.15. The van der Waals surface area contributed by atoms with E-state index in [9.17, 15) is 18.8 Å². The Balaban J connectivity index is 0.000000432. The molecule has 6 nitrogen and oxygen atoms in total. The zero-order valence-electron chi connectivity index (χ0n) is 29.1. The van der Waals surface area contributed by atoms with E-state index in [0.29, 0.717) is 33.5 Å². The highest BCUT2D eigenvalue weighted by Crippen LogP contribution is 2.35. The Hall–Kier alpha value is -3.32. The number of rotatable bonds is 5. The minimum atomic E-state index is -0.762. The number of aromatic nitrogens is 1. The molecule has 4 aromatic rings.